The number of aryl methyl sites for hydroxylation is 2. The molecule has 0 saturated carbocycles. The van der Waals surface area contributed by atoms with Crippen molar-refractivity contribution in [2.24, 2.45) is 7.05 Å². The number of rotatable bonds is 6. The third-order valence-corrected chi connectivity index (χ3v) is 4.08. The van der Waals surface area contributed by atoms with Crippen LogP contribution >= 0.6 is 0 Å². The van der Waals surface area contributed by atoms with Crippen LogP contribution in [0.2, 0.25) is 0 Å². The van der Waals surface area contributed by atoms with Crippen molar-refractivity contribution in [3.63, 3.8) is 0 Å². The highest BCUT2D eigenvalue weighted by Crippen LogP contribution is 2.27. The van der Waals surface area contributed by atoms with E-state index in [0.717, 1.165) is 17.0 Å². The fourth-order valence-corrected chi connectivity index (χ4v) is 2.65. The Balaban J connectivity index is 2.19. The lowest BCUT2D eigenvalue weighted by atomic mass is 10.1. The van der Waals surface area contributed by atoms with E-state index in [9.17, 15) is 13.2 Å². The average molecular weight is 341 g/mol. The van der Waals surface area contributed by atoms with E-state index in [1.165, 1.54) is 12.1 Å². The minimum Gasteiger partial charge on any atom is -0.405 e. The van der Waals surface area contributed by atoms with Crippen molar-refractivity contribution in [2.75, 3.05) is 6.54 Å². The molecule has 0 N–H and O–H groups in total. The Hall–Kier alpha value is -2.02. The molecule has 24 heavy (non-hydrogen) atoms. The van der Waals surface area contributed by atoms with Crippen molar-refractivity contribution in [1.82, 2.24) is 14.7 Å². The van der Waals surface area contributed by atoms with E-state index in [1.807, 2.05) is 32.5 Å². The molecule has 0 saturated heterocycles. The maximum absolute atomic E-state index is 12.5. The molecule has 2 rings (SSSR count). The van der Waals surface area contributed by atoms with Crippen LogP contribution in [0, 0.1) is 13.8 Å². The smallest absolute Gasteiger partial charge is 0.405 e. The summed E-state index contributed by atoms with van der Waals surface area (Å²) in [4.78, 5) is 2.07. The molecule has 1 aromatic heterocycles. The van der Waals surface area contributed by atoms with Crippen LogP contribution in [0.15, 0.2) is 24.3 Å². The number of halogens is 3. The van der Waals surface area contributed by atoms with Crippen molar-refractivity contribution in [3.05, 3.63) is 46.8 Å². The van der Waals surface area contributed by atoms with Gasteiger partial charge in [0.25, 0.3) is 0 Å². The van der Waals surface area contributed by atoms with Gasteiger partial charge in [-0.3, -0.25) is 9.58 Å². The summed E-state index contributed by atoms with van der Waals surface area (Å²) < 4.78 is 43.6. The molecule has 0 radical (unpaired) electrons. The predicted molar refractivity (Wildman–Crippen MR) is 85.6 cm³/mol. The van der Waals surface area contributed by atoms with Crippen LogP contribution < -0.4 is 4.74 Å². The normalized spacial score (nSPS) is 12.0. The molecule has 2 aromatic rings. The fraction of sp³-hybridized carbons (Fsp3) is 0.471. The summed E-state index contributed by atoms with van der Waals surface area (Å²) in [5, 5.41) is 4.39. The topological polar surface area (TPSA) is 30.3 Å². The average Bonchev–Trinajstić information content (AvgIpc) is 2.73. The minimum atomic E-state index is -4.69. The number of benzene rings is 1. The third kappa shape index (κ3) is 4.50. The van der Waals surface area contributed by atoms with Crippen LogP contribution in [0.4, 0.5) is 13.2 Å². The lowest BCUT2D eigenvalue weighted by Crippen LogP contribution is -2.24. The monoisotopic (exact) mass is 341 g/mol. The lowest BCUT2D eigenvalue weighted by molar-refractivity contribution is -0.275. The van der Waals surface area contributed by atoms with Crippen molar-refractivity contribution >= 4 is 0 Å². The maximum atomic E-state index is 12.5. The maximum Gasteiger partial charge on any atom is 0.573 e. The number of ether oxygens (including phenoxy) is 1. The second kappa shape index (κ2) is 7.25. The molecule has 0 aliphatic carbocycles. The number of alkyl halides is 3. The van der Waals surface area contributed by atoms with Gasteiger partial charge in [0.05, 0.1) is 5.69 Å². The van der Waals surface area contributed by atoms with Gasteiger partial charge in [0, 0.05) is 37.0 Å². The number of aromatic nitrogens is 2. The van der Waals surface area contributed by atoms with Gasteiger partial charge in [0.15, 0.2) is 0 Å². The standard InChI is InChI=1S/C17H22F3N3O/c1-5-23(11-15-12(2)21-22(4)13(15)3)10-14-8-6-7-9-16(14)24-17(18,19)20/h6-9H,5,10-11H2,1-4H3. The zero-order valence-corrected chi connectivity index (χ0v) is 14.3. The number of nitrogens with zero attached hydrogens (tertiary/aromatic N) is 3. The predicted octanol–water partition coefficient (Wildman–Crippen LogP) is 3.96. The van der Waals surface area contributed by atoms with Gasteiger partial charge in [-0.15, -0.1) is 13.2 Å². The summed E-state index contributed by atoms with van der Waals surface area (Å²) in [6.07, 6.45) is -4.69. The van der Waals surface area contributed by atoms with E-state index in [-0.39, 0.29) is 5.75 Å². The highest BCUT2D eigenvalue weighted by atomic mass is 19.4. The molecule has 0 fully saturated rings. The highest BCUT2D eigenvalue weighted by molar-refractivity contribution is 5.33. The van der Waals surface area contributed by atoms with Crippen LogP contribution in [0.3, 0.4) is 0 Å². The Morgan fingerprint density at radius 1 is 1.17 bits per heavy atom. The number of hydrogen-bond acceptors (Lipinski definition) is 3. The first-order chi connectivity index (χ1) is 11.2. The molecule has 0 aliphatic rings. The Kier molecular flexibility index (Phi) is 5.54. The van der Waals surface area contributed by atoms with E-state index < -0.39 is 6.36 Å². The first-order valence-corrected chi connectivity index (χ1v) is 7.76. The van der Waals surface area contributed by atoms with Gasteiger partial charge >= 0.3 is 6.36 Å². The summed E-state index contributed by atoms with van der Waals surface area (Å²) in [6, 6.07) is 6.26. The molecule has 1 heterocycles. The van der Waals surface area contributed by atoms with E-state index in [4.69, 9.17) is 0 Å². The van der Waals surface area contributed by atoms with Gasteiger partial charge in [-0.05, 0) is 26.5 Å². The molecule has 0 aliphatic heterocycles. The second-order valence-electron chi connectivity index (χ2n) is 5.73. The molecular weight excluding hydrogens is 319 g/mol. The van der Waals surface area contributed by atoms with Crippen LogP contribution in [0.5, 0.6) is 5.75 Å². The Bertz CT molecular complexity index is 695. The van der Waals surface area contributed by atoms with Crippen LogP contribution in [-0.4, -0.2) is 27.6 Å². The zero-order chi connectivity index (χ0) is 17.9. The number of para-hydroxylation sites is 1. The Morgan fingerprint density at radius 2 is 1.83 bits per heavy atom. The molecule has 4 nitrogen and oxygen atoms in total. The summed E-state index contributed by atoms with van der Waals surface area (Å²) in [5.74, 6) is -0.150. The molecular formula is C17H22F3N3O. The molecule has 1 aromatic carbocycles. The number of hydrogen-bond donors (Lipinski definition) is 0. The van der Waals surface area contributed by atoms with Crippen molar-refractivity contribution in [3.8, 4) is 5.75 Å². The van der Waals surface area contributed by atoms with Crippen LogP contribution in [-0.2, 0) is 20.1 Å². The summed E-state index contributed by atoms with van der Waals surface area (Å²) in [7, 11) is 1.88. The largest absolute Gasteiger partial charge is 0.573 e. The summed E-state index contributed by atoms with van der Waals surface area (Å²) in [5.41, 5.74) is 3.61. The Labute approximate surface area is 139 Å². The molecule has 7 heteroatoms. The van der Waals surface area contributed by atoms with Gasteiger partial charge in [-0.1, -0.05) is 25.1 Å². The second-order valence-corrected chi connectivity index (χ2v) is 5.73. The molecule has 132 valence electrons. The van der Waals surface area contributed by atoms with E-state index >= 15 is 0 Å². The van der Waals surface area contributed by atoms with E-state index in [0.29, 0.717) is 25.2 Å². The lowest BCUT2D eigenvalue weighted by Gasteiger charge is -2.22. The molecule has 0 unspecified atom stereocenters. The third-order valence-electron chi connectivity index (χ3n) is 4.08. The quantitative estimate of drug-likeness (QED) is 0.797. The summed E-state index contributed by atoms with van der Waals surface area (Å²) in [6.45, 7) is 7.61. The first kappa shape index (κ1) is 18.3. The van der Waals surface area contributed by atoms with Gasteiger partial charge in [-0.2, -0.15) is 5.10 Å². The first-order valence-electron chi connectivity index (χ1n) is 7.76. The van der Waals surface area contributed by atoms with Gasteiger partial charge in [-0.25, -0.2) is 0 Å². The fourth-order valence-electron chi connectivity index (χ4n) is 2.65. The van der Waals surface area contributed by atoms with E-state index in [2.05, 4.69) is 14.7 Å². The van der Waals surface area contributed by atoms with Crippen molar-refractivity contribution < 1.29 is 17.9 Å². The molecule has 0 amide bonds. The summed E-state index contributed by atoms with van der Waals surface area (Å²) >= 11 is 0. The van der Waals surface area contributed by atoms with Crippen molar-refractivity contribution in [2.45, 2.75) is 40.2 Å². The van der Waals surface area contributed by atoms with Gasteiger partial charge in [0.2, 0.25) is 0 Å². The van der Waals surface area contributed by atoms with E-state index in [1.54, 1.807) is 12.1 Å². The molecule has 0 bridgehead atoms. The van der Waals surface area contributed by atoms with Gasteiger partial charge in [0.1, 0.15) is 5.75 Å². The van der Waals surface area contributed by atoms with Crippen LogP contribution in [0.1, 0.15) is 29.4 Å². The van der Waals surface area contributed by atoms with Crippen molar-refractivity contribution in [1.29, 1.82) is 0 Å². The Morgan fingerprint density at radius 3 is 2.38 bits per heavy atom. The van der Waals surface area contributed by atoms with Crippen LogP contribution in [0.25, 0.3) is 0 Å². The zero-order valence-electron chi connectivity index (χ0n) is 14.3. The highest BCUT2D eigenvalue weighted by Gasteiger charge is 2.32. The minimum absolute atomic E-state index is 0.150. The molecule has 0 spiro atoms. The molecule has 0 atom stereocenters. The van der Waals surface area contributed by atoms with Gasteiger partial charge < -0.3 is 4.74 Å². The SMILES string of the molecule is CCN(Cc1ccccc1OC(F)(F)F)Cc1c(C)nn(C)c1C.